The zero-order valence-corrected chi connectivity index (χ0v) is 13.9. The molecule has 2 atom stereocenters. The monoisotopic (exact) mass is 319 g/mol. The van der Waals surface area contributed by atoms with Gasteiger partial charge in [-0.25, -0.2) is 0 Å². The summed E-state index contributed by atoms with van der Waals surface area (Å²) in [5.41, 5.74) is 1.32. The average molecular weight is 319 g/mol. The van der Waals surface area contributed by atoms with Gasteiger partial charge in [-0.1, -0.05) is 12.8 Å². The highest BCUT2D eigenvalue weighted by Gasteiger charge is 2.25. The number of rotatable bonds is 3. The van der Waals surface area contributed by atoms with Gasteiger partial charge in [0, 0.05) is 32.1 Å². The summed E-state index contributed by atoms with van der Waals surface area (Å²) in [6.45, 7) is 2.76. The smallest absolute Gasteiger partial charge is 0.169 e. The Balaban J connectivity index is 1.65. The van der Waals surface area contributed by atoms with Crippen LogP contribution in [0.1, 0.15) is 50.1 Å². The van der Waals surface area contributed by atoms with E-state index in [9.17, 15) is 0 Å². The van der Waals surface area contributed by atoms with Gasteiger partial charge in [0.1, 0.15) is 0 Å². The van der Waals surface area contributed by atoms with E-state index in [1.165, 1.54) is 31.2 Å². The van der Waals surface area contributed by atoms with Crippen LogP contribution in [0.15, 0.2) is 24.5 Å². The van der Waals surface area contributed by atoms with Gasteiger partial charge in [-0.15, -0.1) is 0 Å². The van der Waals surface area contributed by atoms with E-state index in [-0.39, 0.29) is 0 Å². The van der Waals surface area contributed by atoms with Gasteiger partial charge in [-0.2, -0.15) is 0 Å². The van der Waals surface area contributed by atoms with E-state index in [0.29, 0.717) is 12.1 Å². The summed E-state index contributed by atoms with van der Waals surface area (Å²) in [7, 11) is 0. The molecular formula is C17H25N3OS. The molecule has 5 heteroatoms. The Bertz CT molecular complexity index is 476. The van der Waals surface area contributed by atoms with Crippen LogP contribution in [-0.2, 0) is 4.74 Å². The van der Waals surface area contributed by atoms with Crippen LogP contribution in [0.3, 0.4) is 0 Å². The fourth-order valence-corrected chi connectivity index (χ4v) is 3.69. The molecule has 0 aromatic carbocycles. The molecule has 1 aromatic rings. The average Bonchev–Trinajstić information content (AvgIpc) is 2.96. The molecule has 1 N–H and O–H groups in total. The Kier molecular flexibility index (Phi) is 5.62. The molecule has 0 aliphatic carbocycles. The number of hydrogen-bond donors (Lipinski definition) is 1. The van der Waals surface area contributed by atoms with Gasteiger partial charge in [-0.3, -0.25) is 4.98 Å². The van der Waals surface area contributed by atoms with E-state index in [1.807, 2.05) is 12.4 Å². The first kappa shape index (κ1) is 15.7. The lowest BCUT2D eigenvalue weighted by Gasteiger charge is -2.33. The standard InChI is InChI=1S/C17H25N3OS/c22-17(19-13-15-5-4-12-21-15)20-11-3-1-2-6-16(20)14-7-9-18-10-8-14/h7-10,15-16H,1-6,11-13H2,(H,19,22)/t15-,16-/m0/s1. The van der Waals surface area contributed by atoms with Crippen molar-refractivity contribution in [2.45, 2.75) is 50.7 Å². The predicted octanol–water partition coefficient (Wildman–Crippen LogP) is 3.05. The third-order valence-electron chi connectivity index (χ3n) is 4.61. The maximum atomic E-state index is 5.69. The predicted molar refractivity (Wildman–Crippen MR) is 91.7 cm³/mol. The SMILES string of the molecule is S=C(NC[C@@H]1CCCO1)N1CCCCC[C@H]1c1ccncc1. The van der Waals surface area contributed by atoms with E-state index >= 15 is 0 Å². The summed E-state index contributed by atoms with van der Waals surface area (Å²) in [5.74, 6) is 0. The normalized spacial score (nSPS) is 25.7. The van der Waals surface area contributed by atoms with Crippen LogP contribution < -0.4 is 5.32 Å². The first-order valence-corrected chi connectivity index (χ1v) is 8.81. The number of aromatic nitrogens is 1. The molecule has 0 unspecified atom stereocenters. The molecule has 2 fully saturated rings. The van der Waals surface area contributed by atoms with Gasteiger partial charge < -0.3 is 15.0 Å². The van der Waals surface area contributed by atoms with Crippen LogP contribution in [0.2, 0.25) is 0 Å². The molecule has 2 saturated heterocycles. The van der Waals surface area contributed by atoms with E-state index in [0.717, 1.165) is 37.7 Å². The summed E-state index contributed by atoms with van der Waals surface area (Å²) in [4.78, 5) is 6.51. The topological polar surface area (TPSA) is 37.4 Å². The number of nitrogens with one attached hydrogen (secondary N) is 1. The molecule has 22 heavy (non-hydrogen) atoms. The Hall–Kier alpha value is -1.20. The molecule has 0 radical (unpaired) electrons. The minimum Gasteiger partial charge on any atom is -0.376 e. The first-order chi connectivity index (χ1) is 10.8. The molecular weight excluding hydrogens is 294 g/mol. The van der Waals surface area contributed by atoms with E-state index in [1.54, 1.807) is 0 Å². The summed E-state index contributed by atoms with van der Waals surface area (Å²) in [6, 6.07) is 4.60. The second kappa shape index (κ2) is 7.88. The van der Waals surface area contributed by atoms with Gasteiger partial charge in [0.2, 0.25) is 0 Å². The van der Waals surface area contributed by atoms with Crippen LogP contribution >= 0.6 is 12.2 Å². The van der Waals surface area contributed by atoms with Crippen LogP contribution in [0.4, 0.5) is 0 Å². The second-order valence-corrected chi connectivity index (χ2v) is 6.55. The highest BCUT2D eigenvalue weighted by Crippen LogP contribution is 2.29. The van der Waals surface area contributed by atoms with Crippen LogP contribution in [-0.4, -0.2) is 40.8 Å². The van der Waals surface area contributed by atoms with Crippen molar-refractivity contribution in [2.24, 2.45) is 0 Å². The lowest BCUT2D eigenvalue weighted by molar-refractivity contribution is 0.113. The van der Waals surface area contributed by atoms with Crippen molar-refractivity contribution in [1.29, 1.82) is 0 Å². The first-order valence-electron chi connectivity index (χ1n) is 8.40. The van der Waals surface area contributed by atoms with Crippen molar-refractivity contribution in [3.05, 3.63) is 30.1 Å². The van der Waals surface area contributed by atoms with E-state index < -0.39 is 0 Å². The number of hydrogen-bond acceptors (Lipinski definition) is 3. The third-order valence-corrected chi connectivity index (χ3v) is 4.99. The number of nitrogens with zero attached hydrogens (tertiary/aromatic N) is 2. The minimum absolute atomic E-state index is 0.323. The quantitative estimate of drug-likeness (QED) is 0.867. The highest BCUT2D eigenvalue weighted by atomic mass is 32.1. The molecule has 2 aliphatic heterocycles. The Morgan fingerprint density at radius 2 is 2.09 bits per heavy atom. The Labute approximate surface area is 138 Å². The fraction of sp³-hybridized carbons (Fsp3) is 0.647. The molecule has 0 bridgehead atoms. The van der Waals surface area contributed by atoms with Gasteiger partial charge in [0.15, 0.2) is 5.11 Å². The van der Waals surface area contributed by atoms with Crippen molar-refractivity contribution in [1.82, 2.24) is 15.2 Å². The van der Waals surface area contributed by atoms with Crippen LogP contribution in [0.25, 0.3) is 0 Å². The number of likely N-dealkylation sites (tertiary alicyclic amines) is 1. The second-order valence-electron chi connectivity index (χ2n) is 6.16. The molecule has 4 nitrogen and oxygen atoms in total. The molecule has 0 amide bonds. The molecule has 3 rings (SSSR count). The van der Waals surface area contributed by atoms with E-state index in [4.69, 9.17) is 17.0 Å². The summed E-state index contributed by atoms with van der Waals surface area (Å²) >= 11 is 5.69. The molecule has 2 aliphatic rings. The highest BCUT2D eigenvalue weighted by molar-refractivity contribution is 7.80. The van der Waals surface area contributed by atoms with Gasteiger partial charge in [0.25, 0.3) is 0 Å². The van der Waals surface area contributed by atoms with Gasteiger partial charge in [-0.05, 0) is 55.6 Å². The molecule has 3 heterocycles. The van der Waals surface area contributed by atoms with Crippen molar-refractivity contribution in [2.75, 3.05) is 19.7 Å². The zero-order chi connectivity index (χ0) is 15.2. The van der Waals surface area contributed by atoms with E-state index in [2.05, 4.69) is 27.3 Å². The van der Waals surface area contributed by atoms with Crippen molar-refractivity contribution in [3.8, 4) is 0 Å². The molecule has 1 aromatic heterocycles. The fourth-order valence-electron chi connectivity index (χ4n) is 3.39. The molecule has 0 saturated carbocycles. The van der Waals surface area contributed by atoms with Crippen LogP contribution in [0.5, 0.6) is 0 Å². The van der Waals surface area contributed by atoms with Crippen LogP contribution in [0, 0.1) is 0 Å². The largest absolute Gasteiger partial charge is 0.376 e. The van der Waals surface area contributed by atoms with Crippen molar-refractivity contribution >= 4 is 17.3 Å². The van der Waals surface area contributed by atoms with Gasteiger partial charge >= 0.3 is 0 Å². The summed E-state index contributed by atoms with van der Waals surface area (Å²) in [5, 5.41) is 4.31. The summed E-state index contributed by atoms with van der Waals surface area (Å²) < 4.78 is 5.68. The Morgan fingerprint density at radius 3 is 2.86 bits per heavy atom. The lowest BCUT2D eigenvalue weighted by atomic mass is 10.0. The summed E-state index contributed by atoms with van der Waals surface area (Å²) in [6.07, 6.45) is 11.3. The zero-order valence-electron chi connectivity index (χ0n) is 13.0. The maximum Gasteiger partial charge on any atom is 0.169 e. The third kappa shape index (κ3) is 3.96. The van der Waals surface area contributed by atoms with Gasteiger partial charge in [0.05, 0.1) is 12.1 Å². The Morgan fingerprint density at radius 1 is 1.23 bits per heavy atom. The number of ether oxygens (including phenoxy) is 1. The number of thiocarbonyl (C=S) groups is 1. The maximum absolute atomic E-state index is 5.69. The van der Waals surface area contributed by atoms with Crippen molar-refractivity contribution in [3.63, 3.8) is 0 Å². The molecule has 120 valence electrons. The number of pyridine rings is 1. The molecule has 0 spiro atoms. The minimum atomic E-state index is 0.323. The lowest BCUT2D eigenvalue weighted by Crippen LogP contribution is -2.44. The van der Waals surface area contributed by atoms with Crippen molar-refractivity contribution < 1.29 is 4.74 Å².